The highest BCUT2D eigenvalue weighted by atomic mass is 16.2. The normalized spacial score (nSPS) is 15.7. The second-order valence-corrected chi connectivity index (χ2v) is 8.87. The van der Waals surface area contributed by atoms with Gasteiger partial charge in [0.25, 0.3) is 5.91 Å². The van der Waals surface area contributed by atoms with Crippen molar-refractivity contribution in [2.45, 2.75) is 32.4 Å². The number of amides is 2. The van der Waals surface area contributed by atoms with Crippen LogP contribution in [-0.4, -0.2) is 59.1 Å². The minimum absolute atomic E-state index is 0.130. The van der Waals surface area contributed by atoms with Gasteiger partial charge in [0.05, 0.1) is 17.8 Å². The fourth-order valence-electron chi connectivity index (χ4n) is 4.61. The van der Waals surface area contributed by atoms with Crippen molar-refractivity contribution in [2.24, 2.45) is 0 Å². The number of nitrogens with one attached hydrogen (secondary N) is 1. The molecule has 1 aliphatic rings. The highest BCUT2D eigenvalue weighted by Gasteiger charge is 2.29. The molecule has 1 saturated heterocycles. The lowest BCUT2D eigenvalue weighted by molar-refractivity contribution is -0.127. The Hall–Kier alpha value is -4.54. The van der Waals surface area contributed by atoms with Crippen LogP contribution in [0.1, 0.15) is 40.5 Å². The van der Waals surface area contributed by atoms with Crippen molar-refractivity contribution in [3.8, 4) is 0 Å². The fourth-order valence-corrected chi connectivity index (χ4v) is 4.61. The van der Waals surface area contributed by atoms with Gasteiger partial charge in [0.1, 0.15) is 12.1 Å². The second kappa shape index (κ2) is 9.61. The number of carbonyl (C=O) groups is 2. The van der Waals surface area contributed by atoms with E-state index in [1.54, 1.807) is 22.1 Å². The predicted octanol–water partition coefficient (Wildman–Crippen LogP) is 2.56. The summed E-state index contributed by atoms with van der Waals surface area (Å²) in [5.74, 6) is -0.356. The van der Waals surface area contributed by atoms with E-state index in [1.807, 2.05) is 35.9 Å². The molecule has 1 fully saturated rings. The molecule has 4 heterocycles. The van der Waals surface area contributed by atoms with Crippen LogP contribution in [0.4, 0.5) is 11.5 Å². The largest absolute Gasteiger partial charge is 0.383 e. The molecular formula is C25H27N9O2. The summed E-state index contributed by atoms with van der Waals surface area (Å²) in [6.45, 7) is 7.37. The van der Waals surface area contributed by atoms with Gasteiger partial charge in [-0.25, -0.2) is 19.6 Å². The van der Waals surface area contributed by atoms with E-state index < -0.39 is 5.91 Å². The van der Waals surface area contributed by atoms with Crippen molar-refractivity contribution >= 4 is 34.4 Å². The molecule has 1 aromatic carbocycles. The molecule has 2 amide bonds. The summed E-state index contributed by atoms with van der Waals surface area (Å²) in [5.41, 5.74) is 9.58. The van der Waals surface area contributed by atoms with E-state index in [0.29, 0.717) is 36.4 Å². The van der Waals surface area contributed by atoms with E-state index in [0.717, 1.165) is 24.0 Å². The number of hydrogen-bond acceptors (Lipinski definition) is 7. The van der Waals surface area contributed by atoms with E-state index in [1.165, 1.54) is 12.4 Å². The third-order valence-electron chi connectivity index (χ3n) is 6.47. The molecule has 0 unspecified atom stereocenters. The van der Waals surface area contributed by atoms with Crippen LogP contribution in [0.5, 0.6) is 0 Å². The average molecular weight is 486 g/mol. The summed E-state index contributed by atoms with van der Waals surface area (Å²) < 4.78 is 3.68. The van der Waals surface area contributed by atoms with Crippen LogP contribution < -0.4 is 11.1 Å². The van der Waals surface area contributed by atoms with Crippen LogP contribution >= 0.6 is 0 Å². The third kappa shape index (κ3) is 4.42. The number of imidazole rings is 1. The molecule has 4 aromatic rings. The number of benzene rings is 1. The Kier molecular flexibility index (Phi) is 6.19. The van der Waals surface area contributed by atoms with E-state index in [-0.39, 0.29) is 23.5 Å². The maximum absolute atomic E-state index is 13.4. The molecule has 0 spiro atoms. The molecule has 3 N–H and O–H groups in total. The van der Waals surface area contributed by atoms with Crippen molar-refractivity contribution in [3.63, 3.8) is 0 Å². The molecule has 1 aliphatic heterocycles. The van der Waals surface area contributed by atoms with Crippen LogP contribution in [-0.2, 0) is 11.3 Å². The number of fused-ring (bicyclic) bond motifs is 1. The molecule has 0 saturated carbocycles. The molecular weight excluding hydrogens is 458 g/mol. The van der Waals surface area contributed by atoms with Crippen molar-refractivity contribution in [1.82, 2.24) is 34.2 Å². The van der Waals surface area contributed by atoms with Crippen LogP contribution in [0, 0.1) is 6.92 Å². The number of rotatable bonds is 6. The number of anilines is 2. The van der Waals surface area contributed by atoms with Crippen LogP contribution in [0.15, 0.2) is 55.9 Å². The molecule has 11 heteroatoms. The van der Waals surface area contributed by atoms with Gasteiger partial charge in [0, 0.05) is 37.7 Å². The number of carbonyl (C=O) groups excluding carboxylic acids is 2. The highest BCUT2D eigenvalue weighted by Crippen LogP contribution is 2.29. The first-order chi connectivity index (χ1) is 17.4. The first-order valence-corrected chi connectivity index (χ1v) is 11.7. The lowest BCUT2D eigenvalue weighted by Gasteiger charge is -2.32. The SMILES string of the molecule is C=CC(=O)N1CCC[C@@H](n2nc(C(=O)Nc3ccc(Cn4ccnc4)c(C)c3)c3c(N)ncnc32)C1. The first-order valence-electron chi connectivity index (χ1n) is 11.7. The topological polar surface area (TPSA) is 137 Å². The minimum Gasteiger partial charge on any atom is -0.383 e. The Morgan fingerprint density at radius 2 is 2.17 bits per heavy atom. The molecule has 11 nitrogen and oxygen atoms in total. The zero-order chi connectivity index (χ0) is 25.2. The second-order valence-electron chi connectivity index (χ2n) is 8.87. The molecule has 184 valence electrons. The number of nitrogens with two attached hydrogens (primary N) is 1. The Labute approximate surface area is 207 Å². The van der Waals surface area contributed by atoms with Crippen LogP contribution in [0.25, 0.3) is 11.0 Å². The minimum atomic E-state index is -0.406. The summed E-state index contributed by atoms with van der Waals surface area (Å²) in [5, 5.41) is 7.96. The molecule has 1 atom stereocenters. The molecule has 0 bridgehead atoms. The highest BCUT2D eigenvalue weighted by molar-refractivity contribution is 6.13. The van der Waals surface area contributed by atoms with Gasteiger partial charge < -0.3 is 20.5 Å². The third-order valence-corrected chi connectivity index (χ3v) is 6.47. The zero-order valence-corrected chi connectivity index (χ0v) is 20.0. The van der Waals surface area contributed by atoms with Crippen molar-refractivity contribution in [1.29, 1.82) is 0 Å². The van der Waals surface area contributed by atoms with Crippen molar-refractivity contribution in [2.75, 3.05) is 24.1 Å². The Bertz CT molecular complexity index is 1440. The Balaban J connectivity index is 1.43. The lowest BCUT2D eigenvalue weighted by Crippen LogP contribution is -2.40. The van der Waals surface area contributed by atoms with E-state index >= 15 is 0 Å². The van der Waals surface area contributed by atoms with Gasteiger partial charge in [0.15, 0.2) is 11.3 Å². The van der Waals surface area contributed by atoms with E-state index in [4.69, 9.17) is 5.73 Å². The number of likely N-dealkylation sites (tertiary alicyclic amines) is 1. The molecule has 36 heavy (non-hydrogen) atoms. The smallest absolute Gasteiger partial charge is 0.277 e. The number of aryl methyl sites for hydroxylation is 1. The quantitative estimate of drug-likeness (QED) is 0.401. The van der Waals surface area contributed by atoms with Crippen LogP contribution in [0.2, 0.25) is 0 Å². The number of hydrogen-bond donors (Lipinski definition) is 2. The number of nitrogens with zero attached hydrogens (tertiary/aromatic N) is 7. The molecule has 5 rings (SSSR count). The van der Waals surface area contributed by atoms with Crippen LogP contribution in [0.3, 0.4) is 0 Å². The summed E-state index contributed by atoms with van der Waals surface area (Å²) in [6, 6.07) is 5.61. The number of piperidine rings is 1. The monoisotopic (exact) mass is 485 g/mol. The maximum Gasteiger partial charge on any atom is 0.277 e. The van der Waals surface area contributed by atoms with E-state index in [9.17, 15) is 9.59 Å². The predicted molar refractivity (Wildman–Crippen MR) is 135 cm³/mol. The van der Waals surface area contributed by atoms with Gasteiger partial charge >= 0.3 is 0 Å². The number of nitrogen functional groups attached to an aromatic ring is 1. The maximum atomic E-state index is 13.4. The van der Waals surface area contributed by atoms with Gasteiger partial charge in [0.2, 0.25) is 5.91 Å². The fraction of sp³-hybridized carbons (Fsp3) is 0.280. The summed E-state index contributed by atoms with van der Waals surface area (Å²) >= 11 is 0. The lowest BCUT2D eigenvalue weighted by atomic mass is 10.1. The Morgan fingerprint density at radius 3 is 2.92 bits per heavy atom. The summed E-state index contributed by atoms with van der Waals surface area (Å²) in [6.07, 6.45) is 9.67. The molecule has 0 aliphatic carbocycles. The van der Waals surface area contributed by atoms with Gasteiger partial charge in [-0.1, -0.05) is 12.6 Å². The van der Waals surface area contributed by atoms with Gasteiger partial charge in [-0.2, -0.15) is 5.10 Å². The molecule has 3 aromatic heterocycles. The summed E-state index contributed by atoms with van der Waals surface area (Å²) in [4.78, 5) is 39.8. The molecule has 0 radical (unpaired) electrons. The van der Waals surface area contributed by atoms with Crippen molar-refractivity contribution < 1.29 is 9.59 Å². The Morgan fingerprint density at radius 1 is 1.31 bits per heavy atom. The van der Waals surface area contributed by atoms with Gasteiger partial charge in [-0.05, 0) is 49.1 Å². The standard InChI is InChI=1S/C25H27N9O2/c1-3-20(35)33-9-4-5-19(13-33)34-24-21(23(26)28-14-29-24)22(31-34)25(36)30-18-7-6-17(16(2)11-18)12-32-10-8-27-15-32/h3,6-8,10-11,14-15,19H,1,4-5,9,12-13H2,2H3,(H,30,36)(H2,26,28,29)/t19-/m1/s1. The van der Waals surface area contributed by atoms with E-state index in [2.05, 4.69) is 31.9 Å². The van der Waals surface area contributed by atoms with Gasteiger partial charge in [-0.3, -0.25) is 9.59 Å². The van der Waals surface area contributed by atoms with Crippen molar-refractivity contribution in [3.05, 3.63) is 72.7 Å². The average Bonchev–Trinajstić information content (AvgIpc) is 3.54. The number of aromatic nitrogens is 6. The summed E-state index contributed by atoms with van der Waals surface area (Å²) in [7, 11) is 0. The van der Waals surface area contributed by atoms with Gasteiger partial charge in [-0.15, -0.1) is 0 Å². The first kappa shape index (κ1) is 23.2. The zero-order valence-electron chi connectivity index (χ0n) is 20.0.